The van der Waals surface area contributed by atoms with E-state index in [4.69, 9.17) is 4.74 Å². The van der Waals surface area contributed by atoms with Crippen molar-refractivity contribution < 1.29 is 4.74 Å². The molecule has 0 saturated heterocycles. The van der Waals surface area contributed by atoms with Gasteiger partial charge in [0.15, 0.2) is 0 Å². The van der Waals surface area contributed by atoms with E-state index < -0.39 is 0 Å². The topological polar surface area (TPSA) is 47.0 Å². The van der Waals surface area contributed by atoms with Crippen LogP contribution >= 0.6 is 0 Å². The minimum atomic E-state index is 0.655. The second kappa shape index (κ2) is 6.70. The largest absolute Gasteiger partial charge is 0.493 e. The van der Waals surface area contributed by atoms with E-state index in [1.807, 2.05) is 24.3 Å². The summed E-state index contributed by atoms with van der Waals surface area (Å²) >= 11 is 0. The summed E-state index contributed by atoms with van der Waals surface area (Å²) in [5.74, 6) is 1.59. The fourth-order valence-electron chi connectivity index (χ4n) is 2.17. The normalized spacial score (nSPS) is 10.5. The van der Waals surface area contributed by atoms with Crippen LogP contribution in [0.2, 0.25) is 0 Å². The lowest BCUT2D eigenvalue weighted by Crippen LogP contribution is -2.09. The molecule has 0 radical (unpaired) electrons. The monoisotopic (exact) mass is 279 g/mol. The molecular formula is C17H17N3O. The van der Waals surface area contributed by atoms with E-state index in [0.29, 0.717) is 12.6 Å². The van der Waals surface area contributed by atoms with Gasteiger partial charge in [0.1, 0.15) is 5.75 Å². The van der Waals surface area contributed by atoms with Crippen molar-refractivity contribution in [2.45, 2.75) is 6.42 Å². The van der Waals surface area contributed by atoms with Gasteiger partial charge in [0.05, 0.1) is 6.61 Å². The third-order valence-electron chi connectivity index (χ3n) is 3.18. The average Bonchev–Trinajstić information content (AvgIpc) is 2.56. The number of rotatable bonds is 6. The summed E-state index contributed by atoms with van der Waals surface area (Å²) in [5, 5.41) is 5.52. The highest BCUT2D eigenvalue weighted by atomic mass is 16.5. The first-order valence-electron chi connectivity index (χ1n) is 7.05. The highest BCUT2D eigenvalue weighted by Gasteiger charge is 2.00. The maximum absolute atomic E-state index is 5.88. The van der Waals surface area contributed by atoms with Gasteiger partial charge in [-0.2, -0.15) is 0 Å². The third kappa shape index (κ3) is 3.48. The Morgan fingerprint density at radius 2 is 1.71 bits per heavy atom. The van der Waals surface area contributed by atoms with Gasteiger partial charge in [0.2, 0.25) is 5.95 Å². The SMILES string of the molecule is c1cnc(NCCCOc2cccc3ccccc23)nc1. The number of nitrogens with zero attached hydrogens (tertiary/aromatic N) is 2. The lowest BCUT2D eigenvalue weighted by atomic mass is 10.1. The van der Waals surface area contributed by atoms with E-state index in [1.54, 1.807) is 18.5 Å². The minimum Gasteiger partial charge on any atom is -0.493 e. The second-order valence-corrected chi connectivity index (χ2v) is 4.68. The Balaban J connectivity index is 1.51. The van der Waals surface area contributed by atoms with Gasteiger partial charge >= 0.3 is 0 Å². The van der Waals surface area contributed by atoms with Gasteiger partial charge in [-0.15, -0.1) is 0 Å². The molecule has 4 nitrogen and oxygen atoms in total. The molecule has 0 saturated carbocycles. The van der Waals surface area contributed by atoms with E-state index >= 15 is 0 Å². The van der Waals surface area contributed by atoms with Crippen molar-refractivity contribution >= 4 is 16.7 Å². The molecule has 0 bridgehead atoms. The molecule has 106 valence electrons. The average molecular weight is 279 g/mol. The standard InChI is InChI=1S/C17H17N3O/c1-2-8-15-14(6-1)7-3-9-16(15)21-13-5-12-20-17-18-10-4-11-19-17/h1-4,6-11H,5,12-13H2,(H,18,19,20). The summed E-state index contributed by atoms with van der Waals surface area (Å²) in [6.07, 6.45) is 4.34. The van der Waals surface area contributed by atoms with Crippen LogP contribution in [0.25, 0.3) is 10.8 Å². The number of hydrogen-bond donors (Lipinski definition) is 1. The van der Waals surface area contributed by atoms with E-state index in [2.05, 4.69) is 33.5 Å². The summed E-state index contributed by atoms with van der Waals surface area (Å²) < 4.78 is 5.88. The number of anilines is 1. The van der Waals surface area contributed by atoms with Crippen molar-refractivity contribution in [1.82, 2.24) is 9.97 Å². The first kappa shape index (κ1) is 13.4. The van der Waals surface area contributed by atoms with Crippen molar-refractivity contribution in [2.75, 3.05) is 18.5 Å². The van der Waals surface area contributed by atoms with E-state index in [9.17, 15) is 0 Å². The number of fused-ring (bicyclic) bond motifs is 1. The molecule has 0 aliphatic carbocycles. The molecule has 0 spiro atoms. The molecular weight excluding hydrogens is 262 g/mol. The molecule has 0 fully saturated rings. The van der Waals surface area contributed by atoms with Crippen LogP contribution in [0.3, 0.4) is 0 Å². The van der Waals surface area contributed by atoms with Crippen LogP contribution in [0.1, 0.15) is 6.42 Å². The number of ether oxygens (including phenoxy) is 1. The number of aromatic nitrogens is 2. The summed E-state index contributed by atoms with van der Waals surface area (Å²) in [5.41, 5.74) is 0. The lowest BCUT2D eigenvalue weighted by Gasteiger charge is -2.09. The zero-order valence-electron chi connectivity index (χ0n) is 11.7. The van der Waals surface area contributed by atoms with E-state index in [0.717, 1.165) is 24.1 Å². The highest BCUT2D eigenvalue weighted by molar-refractivity contribution is 5.88. The zero-order valence-corrected chi connectivity index (χ0v) is 11.7. The quantitative estimate of drug-likeness (QED) is 0.701. The Hall–Kier alpha value is -2.62. The molecule has 3 aromatic rings. The third-order valence-corrected chi connectivity index (χ3v) is 3.18. The molecule has 0 aliphatic heterocycles. The van der Waals surface area contributed by atoms with Gasteiger partial charge in [-0.05, 0) is 23.9 Å². The number of hydrogen-bond acceptors (Lipinski definition) is 4. The Kier molecular flexibility index (Phi) is 4.27. The van der Waals surface area contributed by atoms with E-state index in [-0.39, 0.29) is 0 Å². The molecule has 1 heterocycles. The fourth-order valence-corrected chi connectivity index (χ4v) is 2.17. The molecule has 3 rings (SSSR count). The smallest absolute Gasteiger partial charge is 0.222 e. The van der Waals surface area contributed by atoms with Crippen LogP contribution in [0.4, 0.5) is 5.95 Å². The van der Waals surface area contributed by atoms with Crippen molar-refractivity contribution in [3.05, 3.63) is 60.9 Å². The van der Waals surface area contributed by atoms with Crippen molar-refractivity contribution in [1.29, 1.82) is 0 Å². The van der Waals surface area contributed by atoms with Crippen LogP contribution < -0.4 is 10.1 Å². The van der Waals surface area contributed by atoms with Gasteiger partial charge in [-0.25, -0.2) is 9.97 Å². The van der Waals surface area contributed by atoms with Crippen LogP contribution in [0.15, 0.2) is 60.9 Å². The Morgan fingerprint density at radius 1 is 0.905 bits per heavy atom. The first-order chi connectivity index (χ1) is 10.4. The summed E-state index contributed by atoms with van der Waals surface area (Å²) in [4.78, 5) is 8.22. The molecule has 2 aromatic carbocycles. The predicted octanol–water partition coefficient (Wildman–Crippen LogP) is 3.51. The van der Waals surface area contributed by atoms with Gasteiger partial charge in [-0.1, -0.05) is 36.4 Å². The van der Waals surface area contributed by atoms with Gasteiger partial charge in [-0.3, -0.25) is 0 Å². The molecule has 0 aliphatic rings. The molecule has 4 heteroatoms. The summed E-state index contributed by atoms with van der Waals surface area (Å²) in [6.45, 7) is 1.45. The molecule has 0 atom stereocenters. The molecule has 21 heavy (non-hydrogen) atoms. The summed E-state index contributed by atoms with van der Waals surface area (Å²) in [6, 6.07) is 16.2. The van der Waals surface area contributed by atoms with Crippen molar-refractivity contribution in [3.63, 3.8) is 0 Å². The highest BCUT2D eigenvalue weighted by Crippen LogP contribution is 2.25. The lowest BCUT2D eigenvalue weighted by molar-refractivity contribution is 0.318. The predicted molar refractivity (Wildman–Crippen MR) is 84.6 cm³/mol. The number of benzene rings is 2. The van der Waals surface area contributed by atoms with Crippen molar-refractivity contribution in [2.24, 2.45) is 0 Å². The molecule has 0 amide bonds. The molecule has 0 unspecified atom stereocenters. The molecule has 1 N–H and O–H groups in total. The molecule has 1 aromatic heterocycles. The van der Waals surface area contributed by atoms with Crippen LogP contribution in [0.5, 0.6) is 5.75 Å². The maximum atomic E-state index is 5.88. The summed E-state index contributed by atoms with van der Waals surface area (Å²) in [7, 11) is 0. The maximum Gasteiger partial charge on any atom is 0.222 e. The zero-order chi connectivity index (χ0) is 14.3. The van der Waals surface area contributed by atoms with Crippen LogP contribution in [-0.4, -0.2) is 23.1 Å². The van der Waals surface area contributed by atoms with Crippen LogP contribution in [0, 0.1) is 0 Å². The van der Waals surface area contributed by atoms with Crippen molar-refractivity contribution in [3.8, 4) is 5.75 Å². The van der Waals surface area contributed by atoms with Gasteiger partial charge in [0.25, 0.3) is 0 Å². The van der Waals surface area contributed by atoms with Crippen LogP contribution in [-0.2, 0) is 0 Å². The Morgan fingerprint density at radius 3 is 2.62 bits per heavy atom. The second-order valence-electron chi connectivity index (χ2n) is 4.68. The fraction of sp³-hybridized carbons (Fsp3) is 0.176. The number of nitrogens with one attached hydrogen (secondary N) is 1. The first-order valence-corrected chi connectivity index (χ1v) is 7.05. The Labute approximate surface area is 123 Å². The Bertz CT molecular complexity index is 695. The van der Waals surface area contributed by atoms with Gasteiger partial charge in [0, 0.05) is 24.3 Å². The van der Waals surface area contributed by atoms with Gasteiger partial charge < -0.3 is 10.1 Å². The van der Waals surface area contributed by atoms with E-state index in [1.165, 1.54) is 5.39 Å². The minimum absolute atomic E-state index is 0.655.